The molecule has 210 valence electrons. The Bertz CT molecular complexity index is 1430. The lowest BCUT2D eigenvalue weighted by atomic mass is 10.0. The fraction of sp³-hybridized carbons (Fsp3) is 0.321. The molecule has 0 fully saturated rings. The van der Waals surface area contributed by atoms with Gasteiger partial charge in [0.25, 0.3) is 5.91 Å². The molecule has 1 aliphatic heterocycles. The number of ether oxygens (including phenoxy) is 1. The Morgan fingerprint density at radius 1 is 1.05 bits per heavy atom. The van der Waals surface area contributed by atoms with Gasteiger partial charge in [-0.1, -0.05) is 30.3 Å². The van der Waals surface area contributed by atoms with E-state index >= 15 is 0 Å². The lowest BCUT2D eigenvalue weighted by Crippen LogP contribution is -2.49. The largest absolute Gasteiger partial charge is 0.465 e. The zero-order valence-electron chi connectivity index (χ0n) is 23.0. The maximum Gasteiger partial charge on any atom is 0.432 e. The smallest absolute Gasteiger partial charge is 0.432 e. The average molecular weight is 549 g/mol. The Morgan fingerprint density at radius 2 is 1.68 bits per heavy atom. The molecule has 1 atom stereocenters. The minimum absolute atomic E-state index is 0.0296. The van der Waals surface area contributed by atoms with Gasteiger partial charge in [-0.15, -0.1) is 5.10 Å². The summed E-state index contributed by atoms with van der Waals surface area (Å²) in [6.45, 7) is 4.05. The third-order valence-corrected chi connectivity index (χ3v) is 6.83. The number of carbonyl (C=O) groups is 4. The van der Waals surface area contributed by atoms with Crippen LogP contribution in [-0.2, 0) is 16.8 Å². The summed E-state index contributed by atoms with van der Waals surface area (Å²) in [6.07, 6.45) is -1.34. The maximum atomic E-state index is 13.6. The first-order valence-electron chi connectivity index (χ1n) is 12.6. The van der Waals surface area contributed by atoms with Gasteiger partial charge in [0, 0.05) is 17.7 Å². The lowest BCUT2D eigenvalue weighted by molar-refractivity contribution is 0.0600. The van der Waals surface area contributed by atoms with Crippen LogP contribution in [0.15, 0.2) is 54.6 Å². The van der Waals surface area contributed by atoms with E-state index in [2.05, 4.69) is 20.5 Å². The van der Waals surface area contributed by atoms with Crippen LogP contribution in [0.4, 0.5) is 15.4 Å². The fourth-order valence-corrected chi connectivity index (χ4v) is 4.84. The number of amides is 3. The summed E-state index contributed by atoms with van der Waals surface area (Å²) in [5, 5.41) is 19.8. The summed E-state index contributed by atoms with van der Waals surface area (Å²) in [4.78, 5) is 54.0. The van der Waals surface area contributed by atoms with Crippen LogP contribution in [0.2, 0.25) is 0 Å². The van der Waals surface area contributed by atoms with Crippen LogP contribution in [0.25, 0.3) is 0 Å². The van der Waals surface area contributed by atoms with Crippen LogP contribution in [0.5, 0.6) is 0 Å². The number of carboxylic acid groups (broad SMARTS) is 1. The van der Waals surface area contributed by atoms with Crippen molar-refractivity contribution < 1.29 is 29.0 Å². The van der Waals surface area contributed by atoms with Gasteiger partial charge in [-0.3, -0.25) is 4.79 Å². The van der Waals surface area contributed by atoms with Gasteiger partial charge < -0.3 is 30.3 Å². The van der Waals surface area contributed by atoms with Gasteiger partial charge in [-0.25, -0.2) is 14.4 Å². The van der Waals surface area contributed by atoms with E-state index < -0.39 is 23.5 Å². The second kappa shape index (κ2) is 11.2. The minimum Gasteiger partial charge on any atom is -0.465 e. The molecular weight excluding hydrogens is 516 g/mol. The van der Waals surface area contributed by atoms with Crippen LogP contribution < -0.4 is 10.6 Å². The van der Waals surface area contributed by atoms with Crippen LogP contribution in [0.3, 0.4) is 0 Å². The van der Waals surface area contributed by atoms with E-state index in [1.807, 2.05) is 49.3 Å². The zero-order valence-corrected chi connectivity index (χ0v) is 23.0. The predicted octanol–water partition coefficient (Wildman–Crippen LogP) is 3.51. The normalized spacial score (nSPS) is 14.4. The molecule has 3 amide bonds. The Balaban J connectivity index is 1.61. The third kappa shape index (κ3) is 5.52. The Labute approximate surface area is 231 Å². The van der Waals surface area contributed by atoms with E-state index in [-0.39, 0.29) is 41.3 Å². The molecule has 0 saturated heterocycles. The van der Waals surface area contributed by atoms with E-state index in [1.165, 1.54) is 36.3 Å². The molecule has 0 aliphatic carbocycles. The standard InChI is InChI=1S/C28H32N6O6/c1-28(2)22-20(15-33(28)26(37)29-21(16-32(3)4)17-9-7-6-8-10-17)23(31-34(22)27(38)39)30-24(35)18-11-13-19(14-12-18)25(36)40-5/h6-14,21H,15-16H2,1-5H3,(H,29,37)(H,38,39)(H,30,31,35). The number of rotatable bonds is 7. The number of aromatic nitrogens is 2. The summed E-state index contributed by atoms with van der Waals surface area (Å²) in [5.74, 6) is -1.05. The molecule has 1 aliphatic rings. The second-order valence-corrected chi connectivity index (χ2v) is 10.2. The Hall–Kier alpha value is -4.71. The van der Waals surface area contributed by atoms with E-state index in [9.17, 15) is 24.3 Å². The molecule has 12 nitrogen and oxygen atoms in total. The van der Waals surface area contributed by atoms with E-state index in [4.69, 9.17) is 0 Å². The summed E-state index contributed by atoms with van der Waals surface area (Å²) in [5.41, 5.74) is 1.09. The summed E-state index contributed by atoms with van der Waals surface area (Å²) in [7, 11) is 5.09. The molecule has 3 N–H and O–H groups in total. The SMILES string of the molecule is COC(=O)c1ccc(C(=O)Nc2nn(C(=O)O)c3c2CN(C(=O)NC(CN(C)C)c2ccccc2)C3(C)C)cc1. The van der Waals surface area contributed by atoms with Crippen LogP contribution in [-0.4, -0.2) is 76.4 Å². The third-order valence-electron chi connectivity index (χ3n) is 6.83. The number of hydrogen-bond acceptors (Lipinski definition) is 7. The Kier molecular flexibility index (Phi) is 7.91. The van der Waals surface area contributed by atoms with E-state index in [1.54, 1.807) is 13.8 Å². The van der Waals surface area contributed by atoms with Gasteiger partial charge in [0.1, 0.15) is 0 Å². The summed E-state index contributed by atoms with van der Waals surface area (Å²) < 4.78 is 5.48. The highest BCUT2D eigenvalue weighted by Gasteiger charge is 2.47. The molecule has 2 aromatic carbocycles. The highest BCUT2D eigenvalue weighted by atomic mass is 16.5. The van der Waals surface area contributed by atoms with Gasteiger partial charge in [0.05, 0.1) is 36.5 Å². The number of anilines is 1. The number of carbonyl (C=O) groups excluding carboxylic acids is 3. The van der Waals surface area contributed by atoms with Crippen molar-refractivity contribution in [2.75, 3.05) is 33.1 Å². The van der Waals surface area contributed by atoms with Crippen molar-refractivity contribution in [3.8, 4) is 0 Å². The molecule has 0 bridgehead atoms. The predicted molar refractivity (Wildman–Crippen MR) is 146 cm³/mol. The average Bonchev–Trinajstić information content (AvgIpc) is 3.43. The van der Waals surface area contributed by atoms with Gasteiger partial charge >= 0.3 is 18.1 Å². The van der Waals surface area contributed by atoms with Crippen molar-refractivity contribution in [2.45, 2.75) is 32.0 Å². The highest BCUT2D eigenvalue weighted by molar-refractivity contribution is 6.05. The first-order chi connectivity index (χ1) is 18.9. The van der Waals surface area contributed by atoms with Crippen molar-refractivity contribution >= 4 is 29.8 Å². The molecule has 12 heteroatoms. The number of hydrogen-bond donors (Lipinski definition) is 3. The number of likely N-dealkylation sites (N-methyl/N-ethyl adjacent to an activating group) is 1. The van der Waals surface area contributed by atoms with Crippen molar-refractivity contribution in [1.29, 1.82) is 0 Å². The monoisotopic (exact) mass is 548 g/mol. The number of nitrogens with zero attached hydrogens (tertiary/aromatic N) is 4. The number of nitrogens with one attached hydrogen (secondary N) is 2. The minimum atomic E-state index is -1.34. The van der Waals surface area contributed by atoms with Crippen LogP contribution in [0, 0.1) is 0 Å². The number of esters is 1. The molecule has 3 aromatic rings. The molecule has 0 spiro atoms. The molecule has 1 aromatic heterocycles. The lowest BCUT2D eigenvalue weighted by Gasteiger charge is -2.34. The second-order valence-electron chi connectivity index (χ2n) is 10.2. The molecule has 0 saturated carbocycles. The highest BCUT2D eigenvalue weighted by Crippen LogP contribution is 2.42. The zero-order chi connectivity index (χ0) is 29.2. The van der Waals surface area contributed by atoms with Gasteiger partial charge in [-0.05, 0) is 57.8 Å². The molecule has 40 heavy (non-hydrogen) atoms. The first-order valence-corrected chi connectivity index (χ1v) is 12.6. The number of fused-ring (bicyclic) bond motifs is 1. The molecular formula is C28H32N6O6. The number of methoxy groups -OCH3 is 1. The first kappa shape index (κ1) is 28.3. The number of urea groups is 1. The molecule has 0 radical (unpaired) electrons. The van der Waals surface area contributed by atoms with Crippen molar-refractivity contribution in [3.63, 3.8) is 0 Å². The molecule has 4 rings (SSSR count). The topological polar surface area (TPSA) is 146 Å². The maximum absolute atomic E-state index is 13.6. The van der Waals surface area contributed by atoms with Crippen molar-refractivity contribution in [2.24, 2.45) is 0 Å². The molecule has 2 heterocycles. The summed E-state index contributed by atoms with van der Waals surface area (Å²) >= 11 is 0. The Morgan fingerprint density at radius 3 is 2.25 bits per heavy atom. The number of benzene rings is 2. The molecule has 1 unspecified atom stereocenters. The van der Waals surface area contributed by atoms with E-state index in [0.717, 1.165) is 10.2 Å². The summed E-state index contributed by atoms with van der Waals surface area (Å²) in [6, 6.07) is 14.7. The quantitative estimate of drug-likeness (QED) is 0.380. The van der Waals surface area contributed by atoms with Gasteiger partial charge in [0.15, 0.2) is 5.82 Å². The van der Waals surface area contributed by atoms with Crippen LogP contribution >= 0.6 is 0 Å². The van der Waals surface area contributed by atoms with Gasteiger partial charge in [0.2, 0.25) is 0 Å². The van der Waals surface area contributed by atoms with Crippen LogP contribution in [0.1, 0.15) is 57.4 Å². The van der Waals surface area contributed by atoms with Crippen molar-refractivity contribution in [3.05, 3.63) is 82.5 Å². The van der Waals surface area contributed by atoms with Gasteiger partial charge in [-0.2, -0.15) is 4.68 Å². The van der Waals surface area contributed by atoms with E-state index in [0.29, 0.717) is 12.1 Å². The fourth-order valence-electron chi connectivity index (χ4n) is 4.84. The van der Waals surface area contributed by atoms with Crippen molar-refractivity contribution in [1.82, 2.24) is 24.9 Å².